The van der Waals surface area contributed by atoms with Crippen LogP contribution in [0.5, 0.6) is 5.75 Å². The number of rotatable bonds is 4. The van der Waals surface area contributed by atoms with Crippen molar-refractivity contribution in [2.45, 2.75) is 25.3 Å². The van der Waals surface area contributed by atoms with Gasteiger partial charge >= 0.3 is 0 Å². The van der Waals surface area contributed by atoms with E-state index < -0.39 is 0 Å². The quantitative estimate of drug-likeness (QED) is 0.892. The fourth-order valence-electron chi connectivity index (χ4n) is 2.37. The predicted molar refractivity (Wildman–Crippen MR) is 75.8 cm³/mol. The predicted octanol–water partition coefficient (Wildman–Crippen LogP) is 2.04. The van der Waals surface area contributed by atoms with Gasteiger partial charge in [0, 0.05) is 6.04 Å². The number of halogens is 1. The molecule has 1 heterocycles. The molecule has 1 saturated carbocycles. The van der Waals surface area contributed by atoms with Crippen LogP contribution in [-0.4, -0.2) is 25.6 Å². The van der Waals surface area contributed by atoms with E-state index in [0.717, 1.165) is 19.3 Å². The average Bonchev–Trinajstić information content (AvgIpc) is 2.96. The Morgan fingerprint density at radius 1 is 1.61 bits per heavy atom. The maximum atomic E-state index is 12.1. The minimum Gasteiger partial charge on any atom is -0.495 e. The van der Waals surface area contributed by atoms with Crippen molar-refractivity contribution < 1.29 is 9.53 Å². The van der Waals surface area contributed by atoms with E-state index in [9.17, 15) is 4.79 Å². The van der Waals surface area contributed by atoms with Gasteiger partial charge in [-0.15, -0.1) is 23.7 Å². The van der Waals surface area contributed by atoms with Crippen molar-refractivity contribution in [2.75, 3.05) is 13.7 Å². The first-order valence-corrected chi connectivity index (χ1v) is 6.76. The average molecular weight is 291 g/mol. The highest BCUT2D eigenvalue weighted by atomic mass is 35.5. The van der Waals surface area contributed by atoms with Crippen LogP contribution in [0.1, 0.15) is 28.9 Å². The molecule has 6 heteroatoms. The van der Waals surface area contributed by atoms with Crippen LogP contribution in [0.4, 0.5) is 0 Å². The Kier molecular flexibility index (Phi) is 5.91. The summed E-state index contributed by atoms with van der Waals surface area (Å²) in [5.74, 6) is 1.03. The summed E-state index contributed by atoms with van der Waals surface area (Å²) in [5, 5.41) is 4.93. The zero-order valence-corrected chi connectivity index (χ0v) is 12.0. The summed E-state index contributed by atoms with van der Waals surface area (Å²) in [6, 6.07) is 2.04. The molecule has 3 N–H and O–H groups in total. The van der Waals surface area contributed by atoms with Gasteiger partial charge in [0.25, 0.3) is 5.91 Å². The van der Waals surface area contributed by atoms with Gasteiger partial charge in [-0.05, 0) is 36.8 Å². The molecule has 0 spiro atoms. The number of ether oxygens (including phenoxy) is 1. The molecule has 1 aromatic rings. The molecule has 0 aromatic carbocycles. The normalized spacial score (nSPS) is 22.3. The summed E-state index contributed by atoms with van der Waals surface area (Å²) in [6.07, 6.45) is 3.29. The Hall–Kier alpha value is -0.780. The zero-order valence-electron chi connectivity index (χ0n) is 10.3. The molecule has 0 radical (unpaired) electrons. The molecule has 1 aromatic heterocycles. The number of carbonyl (C=O) groups excluding carboxylic acids is 1. The van der Waals surface area contributed by atoms with Gasteiger partial charge in [-0.3, -0.25) is 4.79 Å². The molecular formula is C12H19ClN2O2S. The van der Waals surface area contributed by atoms with Crippen LogP contribution in [-0.2, 0) is 0 Å². The van der Waals surface area contributed by atoms with Crippen molar-refractivity contribution >= 4 is 29.7 Å². The number of methoxy groups -OCH3 is 1. The van der Waals surface area contributed by atoms with E-state index in [0.29, 0.717) is 23.1 Å². The van der Waals surface area contributed by atoms with Crippen molar-refractivity contribution in [3.05, 3.63) is 16.3 Å². The van der Waals surface area contributed by atoms with Crippen LogP contribution in [0.15, 0.2) is 11.4 Å². The zero-order chi connectivity index (χ0) is 12.3. The molecule has 18 heavy (non-hydrogen) atoms. The Morgan fingerprint density at radius 2 is 2.39 bits per heavy atom. The Morgan fingerprint density at radius 3 is 3.06 bits per heavy atom. The molecule has 0 bridgehead atoms. The molecule has 0 saturated heterocycles. The third kappa shape index (κ3) is 3.16. The molecule has 2 rings (SSSR count). The lowest BCUT2D eigenvalue weighted by molar-refractivity contribution is 0.0930. The number of nitrogens with one attached hydrogen (secondary N) is 1. The maximum absolute atomic E-state index is 12.1. The first-order chi connectivity index (χ1) is 8.26. The van der Waals surface area contributed by atoms with Crippen LogP contribution in [0.3, 0.4) is 0 Å². The maximum Gasteiger partial charge on any atom is 0.265 e. The van der Waals surface area contributed by atoms with E-state index in [-0.39, 0.29) is 24.4 Å². The fraction of sp³-hybridized carbons (Fsp3) is 0.583. The molecule has 1 aliphatic rings. The summed E-state index contributed by atoms with van der Waals surface area (Å²) in [6.45, 7) is 0.645. The van der Waals surface area contributed by atoms with Gasteiger partial charge in [-0.1, -0.05) is 6.42 Å². The summed E-state index contributed by atoms with van der Waals surface area (Å²) in [7, 11) is 1.58. The molecule has 1 aliphatic carbocycles. The Balaban J connectivity index is 0.00000162. The van der Waals surface area contributed by atoms with Crippen LogP contribution >= 0.6 is 23.7 Å². The van der Waals surface area contributed by atoms with Crippen molar-refractivity contribution in [1.82, 2.24) is 5.32 Å². The standard InChI is InChI=1S/C12H18N2O2S.ClH/c1-16-10-5-6-17-11(10)12(15)14-9-4-2-3-8(9)7-13;/h5-6,8-9H,2-4,7,13H2,1H3,(H,14,15);1H. The molecule has 2 atom stereocenters. The lowest BCUT2D eigenvalue weighted by Gasteiger charge is -2.19. The SMILES string of the molecule is COc1ccsc1C(=O)NC1CCCC1CN.Cl. The van der Waals surface area contributed by atoms with Crippen molar-refractivity contribution in [1.29, 1.82) is 0 Å². The van der Waals surface area contributed by atoms with E-state index in [4.69, 9.17) is 10.5 Å². The molecule has 0 aliphatic heterocycles. The third-order valence-corrected chi connectivity index (χ3v) is 4.23. The molecule has 102 valence electrons. The van der Waals surface area contributed by atoms with Crippen LogP contribution in [0, 0.1) is 5.92 Å². The minimum atomic E-state index is -0.0396. The number of nitrogens with two attached hydrogens (primary N) is 1. The number of amides is 1. The topological polar surface area (TPSA) is 64.3 Å². The van der Waals surface area contributed by atoms with Gasteiger partial charge in [0.1, 0.15) is 10.6 Å². The van der Waals surface area contributed by atoms with Crippen molar-refractivity contribution in [3.8, 4) is 5.75 Å². The van der Waals surface area contributed by atoms with Crippen molar-refractivity contribution in [2.24, 2.45) is 11.7 Å². The first kappa shape index (κ1) is 15.3. The highest BCUT2D eigenvalue weighted by molar-refractivity contribution is 7.12. The number of carbonyl (C=O) groups is 1. The number of thiophene rings is 1. The van der Waals surface area contributed by atoms with Gasteiger partial charge in [0.2, 0.25) is 0 Å². The van der Waals surface area contributed by atoms with E-state index in [1.165, 1.54) is 11.3 Å². The van der Waals surface area contributed by atoms with E-state index in [1.54, 1.807) is 7.11 Å². The summed E-state index contributed by atoms with van der Waals surface area (Å²) in [5.41, 5.74) is 5.70. The smallest absolute Gasteiger partial charge is 0.265 e. The highest BCUT2D eigenvalue weighted by Gasteiger charge is 2.28. The van der Waals surface area contributed by atoms with Gasteiger partial charge in [-0.2, -0.15) is 0 Å². The molecule has 2 unspecified atom stereocenters. The molecular weight excluding hydrogens is 272 g/mol. The van der Waals surface area contributed by atoms with Crippen LogP contribution < -0.4 is 15.8 Å². The lowest BCUT2D eigenvalue weighted by Crippen LogP contribution is -2.39. The summed E-state index contributed by atoms with van der Waals surface area (Å²) >= 11 is 1.41. The van der Waals surface area contributed by atoms with Crippen LogP contribution in [0.25, 0.3) is 0 Å². The fourth-order valence-corrected chi connectivity index (χ4v) is 3.13. The minimum absolute atomic E-state index is 0. The van der Waals surface area contributed by atoms with Gasteiger partial charge in [0.15, 0.2) is 0 Å². The Bertz CT molecular complexity index is 397. The van der Waals surface area contributed by atoms with Crippen LogP contribution in [0.2, 0.25) is 0 Å². The molecule has 1 amide bonds. The second-order valence-corrected chi connectivity index (χ2v) is 5.24. The van der Waals surface area contributed by atoms with Gasteiger partial charge in [-0.25, -0.2) is 0 Å². The second-order valence-electron chi connectivity index (χ2n) is 4.32. The van der Waals surface area contributed by atoms with E-state index in [2.05, 4.69) is 5.32 Å². The third-order valence-electron chi connectivity index (χ3n) is 3.33. The highest BCUT2D eigenvalue weighted by Crippen LogP contribution is 2.27. The van der Waals surface area contributed by atoms with E-state index in [1.807, 2.05) is 11.4 Å². The number of hydrogen-bond acceptors (Lipinski definition) is 4. The molecule has 1 fully saturated rings. The van der Waals surface area contributed by atoms with E-state index >= 15 is 0 Å². The summed E-state index contributed by atoms with van der Waals surface area (Å²) in [4.78, 5) is 12.7. The number of hydrogen-bond donors (Lipinski definition) is 2. The lowest BCUT2D eigenvalue weighted by atomic mass is 10.0. The van der Waals surface area contributed by atoms with Crippen molar-refractivity contribution in [3.63, 3.8) is 0 Å². The molecule has 4 nitrogen and oxygen atoms in total. The second kappa shape index (κ2) is 6.97. The summed E-state index contributed by atoms with van der Waals surface area (Å²) < 4.78 is 5.15. The van der Waals surface area contributed by atoms with Gasteiger partial charge in [0.05, 0.1) is 7.11 Å². The first-order valence-electron chi connectivity index (χ1n) is 5.88. The Labute approximate surface area is 117 Å². The van der Waals surface area contributed by atoms with Gasteiger partial charge < -0.3 is 15.8 Å². The monoisotopic (exact) mass is 290 g/mol. The largest absolute Gasteiger partial charge is 0.495 e.